The molecule has 0 unspecified atom stereocenters. The number of aliphatic imine (C=N–C) groups is 1. The summed E-state index contributed by atoms with van der Waals surface area (Å²) >= 11 is 0. The largest absolute Gasteiger partial charge is 0.446 e. The Hall–Kier alpha value is -2.21. The quantitative estimate of drug-likeness (QED) is 0.654. The third-order valence-electron chi connectivity index (χ3n) is 4.74. The molecule has 1 heterocycles. The molecule has 1 saturated heterocycles. The lowest BCUT2D eigenvalue weighted by molar-refractivity contribution is -0.297. The molecule has 0 saturated carbocycles. The van der Waals surface area contributed by atoms with Gasteiger partial charge >= 0.3 is 6.09 Å². The smallest absolute Gasteiger partial charge is 0.411 e. The molecule has 0 spiro atoms. The van der Waals surface area contributed by atoms with E-state index < -0.39 is 17.2 Å². The van der Waals surface area contributed by atoms with E-state index in [2.05, 4.69) is 10.3 Å². The number of nitrogens with one attached hydrogen (secondary N) is 1. The minimum Gasteiger partial charge on any atom is -0.446 e. The highest BCUT2D eigenvalue weighted by molar-refractivity contribution is 5.84. The van der Waals surface area contributed by atoms with Gasteiger partial charge in [0.15, 0.2) is 0 Å². The summed E-state index contributed by atoms with van der Waals surface area (Å²) in [5, 5.41) is 16.2. The molecular formula is C19H26N3O4. The Morgan fingerprint density at radius 1 is 1.31 bits per heavy atom. The van der Waals surface area contributed by atoms with Crippen LogP contribution in [0.3, 0.4) is 0 Å². The number of ether oxygens (including phenoxy) is 1. The van der Waals surface area contributed by atoms with E-state index in [0.29, 0.717) is 18.5 Å². The second-order valence-electron chi connectivity index (χ2n) is 8.03. The van der Waals surface area contributed by atoms with Crippen LogP contribution < -0.4 is 5.32 Å². The number of aryl methyl sites for hydroxylation is 1. The predicted octanol–water partition coefficient (Wildman–Crippen LogP) is 3.75. The highest BCUT2D eigenvalue weighted by Crippen LogP contribution is 2.38. The SMILES string of the molecule is Cc1ccc(NC(=O)OC2CC(C)(C)N([O])C(C)(C)C2)cc1CN=C=O. The van der Waals surface area contributed by atoms with Crippen LogP contribution in [-0.2, 0) is 21.3 Å². The summed E-state index contributed by atoms with van der Waals surface area (Å²) in [6.45, 7) is 9.54. The third kappa shape index (κ3) is 4.69. The molecule has 7 heteroatoms. The Kier molecular flexibility index (Phi) is 5.86. The summed E-state index contributed by atoms with van der Waals surface area (Å²) in [7, 11) is 0. The fourth-order valence-corrected chi connectivity index (χ4v) is 3.59. The Morgan fingerprint density at radius 3 is 2.50 bits per heavy atom. The first-order valence-electron chi connectivity index (χ1n) is 8.63. The lowest BCUT2D eigenvalue weighted by Gasteiger charge is -2.49. The number of piperidine rings is 1. The van der Waals surface area contributed by atoms with Crippen LogP contribution in [0.1, 0.15) is 51.7 Å². The van der Waals surface area contributed by atoms with Crippen molar-refractivity contribution >= 4 is 17.9 Å². The highest BCUT2D eigenvalue weighted by Gasteiger charge is 2.47. The van der Waals surface area contributed by atoms with Crippen LogP contribution in [0.2, 0.25) is 0 Å². The first kappa shape index (κ1) is 20.1. The molecule has 1 fully saturated rings. The Morgan fingerprint density at radius 2 is 1.92 bits per heavy atom. The van der Waals surface area contributed by atoms with Crippen molar-refractivity contribution in [1.82, 2.24) is 5.06 Å². The van der Waals surface area contributed by atoms with E-state index in [4.69, 9.17) is 4.74 Å². The minimum atomic E-state index is -0.601. The maximum absolute atomic E-state index is 12.4. The molecule has 141 valence electrons. The number of benzene rings is 1. The van der Waals surface area contributed by atoms with Gasteiger partial charge in [-0.15, -0.1) is 10.3 Å². The monoisotopic (exact) mass is 360 g/mol. The van der Waals surface area contributed by atoms with Gasteiger partial charge < -0.3 is 4.74 Å². The first-order chi connectivity index (χ1) is 12.0. The van der Waals surface area contributed by atoms with Crippen LogP contribution in [0.4, 0.5) is 10.5 Å². The number of hydrogen-bond donors (Lipinski definition) is 1. The van der Waals surface area contributed by atoms with Crippen molar-refractivity contribution < 1.29 is 19.5 Å². The summed E-state index contributed by atoms with van der Waals surface area (Å²) in [4.78, 5) is 26.2. The average molecular weight is 360 g/mol. The number of hydrogen-bond acceptors (Lipinski definition) is 5. The molecule has 1 aliphatic heterocycles. The molecule has 1 amide bonds. The molecule has 0 bridgehead atoms. The zero-order valence-electron chi connectivity index (χ0n) is 16.0. The van der Waals surface area contributed by atoms with Gasteiger partial charge in [-0.05, 0) is 57.9 Å². The second kappa shape index (κ2) is 7.58. The normalized spacial score (nSPS) is 19.5. The van der Waals surface area contributed by atoms with E-state index in [-0.39, 0.29) is 12.6 Å². The Balaban J connectivity index is 2.04. The van der Waals surface area contributed by atoms with Crippen LogP contribution >= 0.6 is 0 Å². The van der Waals surface area contributed by atoms with Crippen LogP contribution in [0, 0.1) is 6.92 Å². The van der Waals surface area contributed by atoms with E-state index in [9.17, 15) is 14.8 Å². The van der Waals surface area contributed by atoms with Gasteiger partial charge in [0.2, 0.25) is 6.08 Å². The number of carbonyl (C=O) groups excluding carboxylic acids is 2. The van der Waals surface area contributed by atoms with E-state index in [1.165, 1.54) is 6.08 Å². The van der Waals surface area contributed by atoms with Gasteiger partial charge in [-0.2, -0.15) is 0 Å². The van der Waals surface area contributed by atoms with Crippen molar-refractivity contribution in [3.05, 3.63) is 29.3 Å². The van der Waals surface area contributed by atoms with Crippen molar-refractivity contribution in [3.63, 3.8) is 0 Å². The number of amides is 1. The molecule has 26 heavy (non-hydrogen) atoms. The van der Waals surface area contributed by atoms with E-state index in [1.807, 2.05) is 40.7 Å². The summed E-state index contributed by atoms with van der Waals surface area (Å²) in [6.07, 6.45) is 1.56. The second-order valence-corrected chi connectivity index (χ2v) is 8.03. The molecule has 7 nitrogen and oxygen atoms in total. The van der Waals surface area contributed by atoms with Gasteiger partial charge in [-0.3, -0.25) is 5.32 Å². The number of nitrogens with zero attached hydrogens (tertiary/aromatic N) is 2. The number of hydroxylamine groups is 2. The molecule has 1 aromatic rings. The van der Waals surface area contributed by atoms with Crippen LogP contribution in [0.25, 0.3) is 0 Å². The van der Waals surface area contributed by atoms with Gasteiger partial charge in [0.25, 0.3) is 0 Å². The summed E-state index contributed by atoms with van der Waals surface area (Å²) in [5.41, 5.74) is 1.16. The fourth-order valence-electron chi connectivity index (χ4n) is 3.59. The van der Waals surface area contributed by atoms with E-state index in [0.717, 1.165) is 16.2 Å². The maximum Gasteiger partial charge on any atom is 0.411 e. The molecule has 2 rings (SSSR count). The Bertz CT molecular complexity index is 705. The maximum atomic E-state index is 12.4. The summed E-state index contributed by atoms with van der Waals surface area (Å²) in [6, 6.07) is 5.36. The predicted molar refractivity (Wildman–Crippen MR) is 96.8 cm³/mol. The molecule has 0 aliphatic carbocycles. The summed E-state index contributed by atoms with van der Waals surface area (Å²) in [5.74, 6) is 0. The van der Waals surface area contributed by atoms with Gasteiger partial charge in [-0.25, -0.2) is 14.6 Å². The molecule has 1 N–H and O–H groups in total. The first-order valence-corrected chi connectivity index (χ1v) is 8.63. The zero-order chi connectivity index (χ0) is 19.5. The number of rotatable bonds is 4. The topological polar surface area (TPSA) is 90.9 Å². The van der Waals surface area contributed by atoms with Gasteiger partial charge in [0, 0.05) is 29.6 Å². The van der Waals surface area contributed by atoms with E-state index in [1.54, 1.807) is 12.1 Å². The Labute approximate surface area is 154 Å². The standard InChI is InChI=1S/C19H26N3O4/c1-13-6-7-15(8-14(13)11-20-12-23)21-17(24)26-16-9-18(2,3)22(25)19(4,5)10-16/h6-8,16H,9-11H2,1-5H3,(H,21,24). The van der Waals surface area contributed by atoms with Crippen molar-refractivity contribution in [2.45, 2.75) is 71.2 Å². The molecule has 0 aromatic heterocycles. The van der Waals surface area contributed by atoms with Crippen molar-refractivity contribution in [1.29, 1.82) is 0 Å². The number of isocyanates is 1. The van der Waals surface area contributed by atoms with Gasteiger partial charge in [-0.1, -0.05) is 6.07 Å². The van der Waals surface area contributed by atoms with Gasteiger partial charge in [0.1, 0.15) is 6.10 Å². The fraction of sp³-hybridized carbons (Fsp3) is 0.579. The number of anilines is 1. The molecule has 1 aliphatic rings. The van der Waals surface area contributed by atoms with Crippen molar-refractivity contribution in [2.75, 3.05) is 5.32 Å². The lowest BCUT2D eigenvalue weighted by Crippen LogP contribution is -2.60. The van der Waals surface area contributed by atoms with Crippen molar-refractivity contribution in [2.24, 2.45) is 4.99 Å². The average Bonchev–Trinajstić information content (AvgIpc) is 2.52. The van der Waals surface area contributed by atoms with Gasteiger partial charge in [0.05, 0.1) is 6.54 Å². The van der Waals surface area contributed by atoms with Crippen LogP contribution in [-0.4, -0.2) is 34.4 Å². The molecule has 1 aromatic carbocycles. The molecule has 1 radical (unpaired) electrons. The van der Waals surface area contributed by atoms with Crippen molar-refractivity contribution in [3.8, 4) is 0 Å². The van der Waals surface area contributed by atoms with Crippen LogP contribution in [0.15, 0.2) is 23.2 Å². The lowest BCUT2D eigenvalue weighted by atomic mass is 9.80. The van der Waals surface area contributed by atoms with Crippen LogP contribution in [0.5, 0.6) is 0 Å². The third-order valence-corrected chi connectivity index (χ3v) is 4.74. The summed E-state index contributed by atoms with van der Waals surface area (Å²) < 4.78 is 5.56. The number of carbonyl (C=O) groups is 1. The highest BCUT2D eigenvalue weighted by atomic mass is 16.6. The molecular weight excluding hydrogens is 334 g/mol. The zero-order valence-corrected chi connectivity index (χ0v) is 16.0. The van der Waals surface area contributed by atoms with E-state index >= 15 is 0 Å². The molecule has 0 atom stereocenters. The minimum absolute atomic E-state index is 0.213.